The van der Waals surface area contributed by atoms with Gasteiger partial charge in [-0.05, 0) is 50.3 Å². The van der Waals surface area contributed by atoms with Crippen molar-refractivity contribution in [1.29, 1.82) is 0 Å². The largest absolute Gasteiger partial charge is 0.491 e. The van der Waals surface area contributed by atoms with Crippen molar-refractivity contribution in [2.75, 3.05) is 27.2 Å². The smallest absolute Gasteiger partial charge is 0.305 e. The lowest BCUT2D eigenvalue weighted by atomic mass is 10.0. The molecule has 0 amide bonds. The lowest BCUT2D eigenvalue weighted by molar-refractivity contribution is -0.903. The predicted molar refractivity (Wildman–Crippen MR) is 178 cm³/mol. The van der Waals surface area contributed by atoms with E-state index >= 15 is 0 Å². The van der Waals surface area contributed by atoms with E-state index in [-0.39, 0.29) is 12.1 Å². The van der Waals surface area contributed by atoms with Crippen LogP contribution in [-0.4, -0.2) is 43.8 Å². The Bertz CT molecular complexity index is 925. The average Bonchev–Trinajstić information content (AvgIpc) is 2.97. The van der Waals surface area contributed by atoms with E-state index in [1.54, 1.807) is 0 Å². The fourth-order valence-corrected chi connectivity index (χ4v) is 5.57. The highest BCUT2D eigenvalue weighted by Gasteiger charge is 2.16. The van der Waals surface area contributed by atoms with E-state index in [0.29, 0.717) is 19.4 Å². The van der Waals surface area contributed by atoms with E-state index < -0.39 is 0 Å². The monoisotopic (exact) mass is 580 g/mol. The minimum Gasteiger partial charge on any atom is -0.491 e. The third-order valence-electron chi connectivity index (χ3n) is 8.21. The molecule has 42 heavy (non-hydrogen) atoms. The zero-order valence-corrected chi connectivity index (χ0v) is 27.6. The van der Waals surface area contributed by atoms with Gasteiger partial charge in [-0.2, -0.15) is 0 Å². The minimum atomic E-state index is -0.0993. The Morgan fingerprint density at radius 1 is 0.714 bits per heavy atom. The van der Waals surface area contributed by atoms with Crippen LogP contribution < -0.4 is 4.74 Å². The first kappa shape index (κ1) is 35.9. The van der Waals surface area contributed by atoms with Gasteiger partial charge in [-0.15, -0.1) is 0 Å². The van der Waals surface area contributed by atoms with E-state index in [2.05, 4.69) is 75.6 Å². The molecule has 0 aliphatic carbocycles. The highest BCUT2D eigenvalue weighted by atomic mass is 16.5. The summed E-state index contributed by atoms with van der Waals surface area (Å²) < 4.78 is 12.5. The van der Waals surface area contributed by atoms with Gasteiger partial charge in [0.15, 0.2) is 0 Å². The second-order valence-corrected chi connectivity index (χ2v) is 13.0. The van der Waals surface area contributed by atoms with Gasteiger partial charge in [0.25, 0.3) is 0 Å². The zero-order chi connectivity index (χ0) is 30.3. The molecule has 0 aliphatic rings. The van der Waals surface area contributed by atoms with E-state index in [9.17, 15) is 4.79 Å². The number of carbonyl (C=O) groups is 1. The molecule has 0 saturated carbocycles. The lowest BCUT2D eigenvalue weighted by Gasteiger charge is -2.30. The number of ether oxygens (including phenoxy) is 2. The van der Waals surface area contributed by atoms with Crippen molar-refractivity contribution in [3.63, 3.8) is 0 Å². The topological polar surface area (TPSA) is 35.5 Å². The number of unbranched alkanes of at least 4 members (excludes halogenated alkanes) is 12. The molecule has 0 N–H and O–H groups in total. The van der Waals surface area contributed by atoms with Crippen molar-refractivity contribution in [3.05, 3.63) is 65.7 Å². The third kappa shape index (κ3) is 18.3. The summed E-state index contributed by atoms with van der Waals surface area (Å²) in [6.45, 7) is 6.79. The molecule has 1 unspecified atom stereocenters. The quantitative estimate of drug-likeness (QED) is 0.0666. The van der Waals surface area contributed by atoms with E-state index in [1.807, 2.05) is 6.92 Å². The average molecular weight is 581 g/mol. The van der Waals surface area contributed by atoms with Crippen molar-refractivity contribution in [1.82, 2.24) is 0 Å². The lowest BCUT2D eigenvalue weighted by Crippen LogP contribution is -2.39. The number of nitrogens with zero attached hydrogens (tertiary/aromatic N) is 1. The second-order valence-electron chi connectivity index (χ2n) is 13.0. The molecular formula is C38H62NO3+. The van der Waals surface area contributed by atoms with E-state index in [1.165, 1.54) is 88.2 Å². The van der Waals surface area contributed by atoms with Gasteiger partial charge < -0.3 is 14.0 Å². The van der Waals surface area contributed by atoms with Gasteiger partial charge in [0.05, 0.1) is 33.4 Å². The highest BCUT2D eigenvalue weighted by molar-refractivity contribution is 5.69. The first-order chi connectivity index (χ1) is 20.4. The number of aryl methyl sites for hydroxylation is 1. The number of hydrogen-bond acceptors (Lipinski definition) is 3. The molecule has 1 atom stereocenters. The molecule has 0 aliphatic heterocycles. The maximum atomic E-state index is 12.2. The van der Waals surface area contributed by atoms with Crippen molar-refractivity contribution in [2.24, 2.45) is 0 Å². The normalized spacial score (nSPS) is 12.3. The first-order valence-corrected chi connectivity index (χ1v) is 17.1. The molecule has 4 heteroatoms. The minimum absolute atomic E-state index is 0.0103. The second kappa shape index (κ2) is 22.2. The number of esters is 1. The van der Waals surface area contributed by atoms with Crippen LogP contribution in [0.1, 0.15) is 128 Å². The number of hydrogen-bond donors (Lipinski definition) is 0. The molecule has 0 saturated heterocycles. The van der Waals surface area contributed by atoms with Gasteiger partial charge in [0.2, 0.25) is 0 Å². The van der Waals surface area contributed by atoms with Crippen molar-refractivity contribution in [2.45, 2.75) is 136 Å². The fourth-order valence-electron chi connectivity index (χ4n) is 5.57. The molecule has 4 nitrogen and oxygen atoms in total. The summed E-state index contributed by atoms with van der Waals surface area (Å²) in [7, 11) is 4.50. The Labute approximate surface area is 258 Å². The summed E-state index contributed by atoms with van der Waals surface area (Å²) in [5.74, 6) is 0.793. The number of benzene rings is 2. The molecule has 0 fully saturated rings. The Morgan fingerprint density at radius 3 is 1.93 bits per heavy atom. The van der Waals surface area contributed by atoms with Crippen LogP contribution >= 0.6 is 0 Å². The van der Waals surface area contributed by atoms with E-state index in [4.69, 9.17) is 9.47 Å². The van der Waals surface area contributed by atoms with Gasteiger partial charge in [-0.3, -0.25) is 4.79 Å². The summed E-state index contributed by atoms with van der Waals surface area (Å²) in [5, 5.41) is 0. The maximum absolute atomic E-state index is 12.2. The van der Waals surface area contributed by atoms with Crippen LogP contribution in [0.2, 0.25) is 0 Å². The molecule has 0 bridgehead atoms. The van der Waals surface area contributed by atoms with Gasteiger partial charge in [0.1, 0.15) is 12.3 Å². The van der Waals surface area contributed by atoms with Crippen LogP contribution in [0, 0.1) is 0 Å². The van der Waals surface area contributed by atoms with Crippen LogP contribution in [0.25, 0.3) is 0 Å². The summed E-state index contributed by atoms with van der Waals surface area (Å²) in [4.78, 5) is 12.2. The van der Waals surface area contributed by atoms with Crippen LogP contribution in [-0.2, 0) is 22.5 Å². The van der Waals surface area contributed by atoms with Crippen LogP contribution in [0.15, 0.2) is 54.6 Å². The highest BCUT2D eigenvalue weighted by Crippen LogP contribution is 2.18. The van der Waals surface area contributed by atoms with Crippen LogP contribution in [0.5, 0.6) is 5.75 Å². The summed E-state index contributed by atoms with van der Waals surface area (Å²) in [6, 6.07) is 19.1. The Morgan fingerprint density at radius 2 is 1.31 bits per heavy atom. The number of quaternary nitrogens is 1. The van der Waals surface area contributed by atoms with Crippen LogP contribution in [0.4, 0.5) is 0 Å². The molecule has 236 valence electrons. The van der Waals surface area contributed by atoms with E-state index in [0.717, 1.165) is 42.6 Å². The molecule has 2 rings (SSSR count). The SMILES string of the molecule is CCCCCCCCCCCCCCc1ccc(OC(C)CCOC(=O)CCCC[N+](C)(C)Cc2ccccc2)cc1. The fraction of sp³-hybridized carbons (Fsp3) is 0.658. The van der Waals surface area contributed by atoms with Crippen LogP contribution in [0.3, 0.4) is 0 Å². The number of rotatable bonds is 25. The Kier molecular flexibility index (Phi) is 19.0. The number of carbonyl (C=O) groups excluding carboxylic acids is 1. The van der Waals surface area contributed by atoms with Crippen molar-refractivity contribution in [3.8, 4) is 5.75 Å². The molecule has 0 radical (unpaired) electrons. The molecule has 0 spiro atoms. The molecule has 0 aromatic heterocycles. The van der Waals surface area contributed by atoms with Crippen molar-refractivity contribution >= 4 is 5.97 Å². The van der Waals surface area contributed by atoms with Gasteiger partial charge in [-0.25, -0.2) is 0 Å². The standard InChI is InChI=1S/C38H62NO3/c1-5-6-7-8-9-10-11-12-13-14-15-17-22-35-26-28-37(29-27-35)42-34(2)30-32-41-38(40)25-20-21-31-39(3,4)33-36-23-18-16-19-24-36/h16,18-19,23-24,26-29,34H,5-15,17,20-22,25,30-33H2,1-4H3/q+1. The molecule has 2 aromatic carbocycles. The zero-order valence-electron chi connectivity index (χ0n) is 27.6. The first-order valence-electron chi connectivity index (χ1n) is 17.1. The maximum Gasteiger partial charge on any atom is 0.305 e. The summed E-state index contributed by atoms with van der Waals surface area (Å²) in [6.07, 6.45) is 20.9. The van der Waals surface area contributed by atoms with Crippen molar-refractivity contribution < 1.29 is 18.8 Å². The molecular weight excluding hydrogens is 518 g/mol. The summed E-state index contributed by atoms with van der Waals surface area (Å²) >= 11 is 0. The summed E-state index contributed by atoms with van der Waals surface area (Å²) in [5.41, 5.74) is 2.74. The van der Waals surface area contributed by atoms with Gasteiger partial charge in [-0.1, -0.05) is 120 Å². The Hall–Kier alpha value is -2.33. The molecule has 2 aromatic rings. The predicted octanol–water partition coefficient (Wildman–Crippen LogP) is 10.1. The van der Waals surface area contributed by atoms with Gasteiger partial charge >= 0.3 is 5.97 Å². The van der Waals surface area contributed by atoms with Gasteiger partial charge in [0, 0.05) is 18.4 Å². The Balaban J connectivity index is 1.46. The molecule has 0 heterocycles. The third-order valence-corrected chi connectivity index (χ3v) is 8.21.